The molecule has 0 atom stereocenters. The maximum atomic E-state index is 6.19. The van der Waals surface area contributed by atoms with Crippen LogP contribution >= 0.6 is 11.6 Å². The molecule has 0 aromatic carbocycles. The summed E-state index contributed by atoms with van der Waals surface area (Å²) in [6, 6.07) is 3.88. The number of aromatic nitrogens is 3. The Morgan fingerprint density at radius 2 is 2.22 bits per heavy atom. The first-order valence-corrected chi connectivity index (χ1v) is 6.18. The van der Waals surface area contributed by atoms with Crippen LogP contribution in [0.2, 0.25) is 5.15 Å². The van der Waals surface area contributed by atoms with Crippen molar-refractivity contribution in [3.63, 3.8) is 0 Å². The Labute approximate surface area is 110 Å². The molecule has 0 radical (unpaired) electrons. The summed E-state index contributed by atoms with van der Waals surface area (Å²) in [6.45, 7) is 3.17. The molecule has 2 aromatic rings. The molecule has 18 heavy (non-hydrogen) atoms. The van der Waals surface area contributed by atoms with Crippen LogP contribution in [-0.2, 0) is 17.8 Å². The normalized spacial score (nSPS) is 14.3. The Morgan fingerprint density at radius 1 is 1.33 bits per heavy atom. The molecular weight excluding hydrogens is 250 g/mol. The number of hydrogen-bond acceptors (Lipinski definition) is 4. The van der Waals surface area contributed by atoms with E-state index in [4.69, 9.17) is 16.3 Å². The molecule has 4 nitrogen and oxygen atoms in total. The molecule has 1 aliphatic rings. The molecular formula is C13H12ClN3O. The molecule has 3 heterocycles. The van der Waals surface area contributed by atoms with E-state index in [1.807, 2.05) is 19.1 Å². The lowest BCUT2D eigenvalue weighted by molar-refractivity contribution is 0.109. The van der Waals surface area contributed by atoms with Crippen LogP contribution in [-0.4, -0.2) is 21.6 Å². The average molecular weight is 262 g/mol. The maximum absolute atomic E-state index is 6.19. The first-order chi connectivity index (χ1) is 8.75. The Morgan fingerprint density at radius 3 is 3.06 bits per heavy atom. The van der Waals surface area contributed by atoms with E-state index < -0.39 is 0 Å². The van der Waals surface area contributed by atoms with Crippen molar-refractivity contribution in [3.05, 3.63) is 40.3 Å². The predicted molar refractivity (Wildman–Crippen MR) is 68.4 cm³/mol. The summed E-state index contributed by atoms with van der Waals surface area (Å²) in [5.74, 6) is 0.596. The predicted octanol–water partition coefficient (Wildman–Crippen LogP) is 2.57. The molecule has 3 rings (SSSR count). The zero-order chi connectivity index (χ0) is 12.5. The van der Waals surface area contributed by atoms with Crippen molar-refractivity contribution in [2.24, 2.45) is 0 Å². The van der Waals surface area contributed by atoms with Crippen LogP contribution < -0.4 is 0 Å². The molecule has 0 saturated carbocycles. The van der Waals surface area contributed by atoms with Gasteiger partial charge in [0.2, 0.25) is 0 Å². The largest absolute Gasteiger partial charge is 0.376 e. The third-order valence-electron chi connectivity index (χ3n) is 2.99. The van der Waals surface area contributed by atoms with Crippen molar-refractivity contribution in [1.29, 1.82) is 0 Å². The van der Waals surface area contributed by atoms with E-state index in [0.29, 0.717) is 24.2 Å². The molecule has 0 amide bonds. The molecule has 1 aliphatic heterocycles. The second kappa shape index (κ2) is 4.63. The number of aryl methyl sites for hydroxylation is 1. The number of fused-ring (bicyclic) bond motifs is 1. The highest BCUT2D eigenvalue weighted by molar-refractivity contribution is 6.30. The zero-order valence-electron chi connectivity index (χ0n) is 9.98. The zero-order valence-corrected chi connectivity index (χ0v) is 10.7. The topological polar surface area (TPSA) is 47.9 Å². The fourth-order valence-electron chi connectivity index (χ4n) is 2.02. The van der Waals surface area contributed by atoms with Gasteiger partial charge in [0.15, 0.2) is 5.82 Å². The minimum Gasteiger partial charge on any atom is -0.376 e. The Bertz CT molecular complexity index is 601. The van der Waals surface area contributed by atoms with Gasteiger partial charge in [-0.15, -0.1) is 0 Å². The van der Waals surface area contributed by atoms with Crippen LogP contribution in [0.15, 0.2) is 18.3 Å². The summed E-state index contributed by atoms with van der Waals surface area (Å²) < 4.78 is 5.37. The van der Waals surface area contributed by atoms with Gasteiger partial charge < -0.3 is 4.74 Å². The van der Waals surface area contributed by atoms with E-state index in [0.717, 1.165) is 28.9 Å². The summed E-state index contributed by atoms with van der Waals surface area (Å²) in [4.78, 5) is 13.2. The van der Waals surface area contributed by atoms with Crippen LogP contribution in [0.25, 0.3) is 11.5 Å². The number of halogens is 1. The van der Waals surface area contributed by atoms with E-state index in [1.54, 1.807) is 6.20 Å². The molecule has 0 aliphatic carbocycles. The highest BCUT2D eigenvalue weighted by atomic mass is 35.5. The molecule has 0 saturated heterocycles. The molecule has 5 heteroatoms. The first kappa shape index (κ1) is 11.6. The van der Waals surface area contributed by atoms with Crippen LogP contribution in [0.3, 0.4) is 0 Å². The number of rotatable bonds is 1. The van der Waals surface area contributed by atoms with Crippen LogP contribution in [0.5, 0.6) is 0 Å². The third kappa shape index (κ3) is 1.98. The lowest BCUT2D eigenvalue weighted by atomic mass is 10.1. The molecule has 0 fully saturated rings. The number of nitrogens with zero attached hydrogens (tertiary/aromatic N) is 3. The number of pyridine rings is 1. The molecule has 0 spiro atoms. The highest BCUT2D eigenvalue weighted by Crippen LogP contribution is 2.26. The smallest absolute Gasteiger partial charge is 0.180 e. The second-order valence-corrected chi connectivity index (χ2v) is 4.59. The van der Waals surface area contributed by atoms with Gasteiger partial charge >= 0.3 is 0 Å². The van der Waals surface area contributed by atoms with Gasteiger partial charge in [0.25, 0.3) is 0 Å². The van der Waals surface area contributed by atoms with Crippen molar-refractivity contribution >= 4 is 11.6 Å². The van der Waals surface area contributed by atoms with Gasteiger partial charge in [0.05, 0.1) is 18.9 Å². The van der Waals surface area contributed by atoms with Crippen molar-refractivity contribution in [3.8, 4) is 11.5 Å². The second-order valence-electron chi connectivity index (χ2n) is 4.23. The summed E-state index contributed by atoms with van der Waals surface area (Å²) in [5, 5.41) is 0.472. The van der Waals surface area contributed by atoms with Gasteiger partial charge in [-0.2, -0.15) is 0 Å². The van der Waals surface area contributed by atoms with Gasteiger partial charge in [-0.05, 0) is 18.6 Å². The van der Waals surface area contributed by atoms with Crippen LogP contribution in [0, 0.1) is 6.92 Å². The maximum Gasteiger partial charge on any atom is 0.180 e. The molecule has 0 N–H and O–H groups in total. The lowest BCUT2D eigenvalue weighted by Gasteiger charge is -2.17. The summed E-state index contributed by atoms with van der Waals surface area (Å²) in [7, 11) is 0. The van der Waals surface area contributed by atoms with Gasteiger partial charge in [-0.1, -0.05) is 17.7 Å². The van der Waals surface area contributed by atoms with E-state index in [1.165, 1.54) is 0 Å². The van der Waals surface area contributed by atoms with E-state index in [-0.39, 0.29) is 0 Å². The van der Waals surface area contributed by atoms with Gasteiger partial charge in [-0.25, -0.2) is 9.97 Å². The van der Waals surface area contributed by atoms with Crippen molar-refractivity contribution in [1.82, 2.24) is 15.0 Å². The Kier molecular flexibility index (Phi) is 2.97. The van der Waals surface area contributed by atoms with Crippen molar-refractivity contribution in [2.45, 2.75) is 20.0 Å². The summed E-state index contributed by atoms with van der Waals surface area (Å²) >= 11 is 6.19. The Balaban J connectivity index is 2.14. The highest BCUT2D eigenvalue weighted by Gasteiger charge is 2.18. The third-order valence-corrected chi connectivity index (χ3v) is 3.31. The number of hydrogen-bond donors (Lipinski definition) is 0. The SMILES string of the molecule is Cc1cccnc1-c1nc(Cl)c2c(n1)CCOC2. The molecule has 92 valence electrons. The fourth-order valence-corrected chi connectivity index (χ4v) is 2.26. The standard InChI is InChI=1S/C13H12ClN3O/c1-8-3-2-5-15-11(8)13-16-10-4-6-18-7-9(10)12(14)17-13/h2-3,5H,4,6-7H2,1H3. The quantitative estimate of drug-likeness (QED) is 0.741. The van der Waals surface area contributed by atoms with Gasteiger partial charge in [0, 0.05) is 18.2 Å². The van der Waals surface area contributed by atoms with Gasteiger partial charge in [0.1, 0.15) is 10.8 Å². The minimum absolute atomic E-state index is 0.472. The van der Waals surface area contributed by atoms with Crippen LogP contribution in [0.1, 0.15) is 16.8 Å². The Hall–Kier alpha value is -1.52. The average Bonchev–Trinajstić information content (AvgIpc) is 2.39. The summed E-state index contributed by atoms with van der Waals surface area (Å²) in [6.07, 6.45) is 2.51. The molecule has 0 bridgehead atoms. The van der Waals surface area contributed by atoms with E-state index >= 15 is 0 Å². The fraction of sp³-hybridized carbons (Fsp3) is 0.308. The lowest BCUT2D eigenvalue weighted by Crippen LogP contribution is -2.14. The minimum atomic E-state index is 0.472. The van der Waals surface area contributed by atoms with E-state index in [9.17, 15) is 0 Å². The van der Waals surface area contributed by atoms with E-state index in [2.05, 4.69) is 15.0 Å². The first-order valence-electron chi connectivity index (χ1n) is 5.81. The molecule has 0 unspecified atom stereocenters. The van der Waals surface area contributed by atoms with Gasteiger partial charge in [-0.3, -0.25) is 4.98 Å². The van der Waals surface area contributed by atoms with Crippen molar-refractivity contribution < 1.29 is 4.74 Å². The summed E-state index contributed by atoms with van der Waals surface area (Å²) in [5.41, 5.74) is 3.70. The van der Waals surface area contributed by atoms with Crippen molar-refractivity contribution in [2.75, 3.05) is 6.61 Å². The number of ether oxygens (including phenoxy) is 1. The molecule has 2 aromatic heterocycles. The monoisotopic (exact) mass is 261 g/mol. The van der Waals surface area contributed by atoms with Crippen LogP contribution in [0.4, 0.5) is 0 Å².